The molecule has 0 saturated heterocycles. The van der Waals surface area contributed by atoms with Crippen LogP contribution in [0.4, 0.5) is 5.95 Å². The Labute approximate surface area is 84.6 Å². The molecule has 0 radical (unpaired) electrons. The highest BCUT2D eigenvalue weighted by Crippen LogP contribution is 2.01. The van der Waals surface area contributed by atoms with Gasteiger partial charge in [0.15, 0.2) is 11.2 Å². The van der Waals surface area contributed by atoms with Crippen LogP contribution in [0.25, 0.3) is 11.2 Å². The number of nitrogens with two attached hydrogens (primary N) is 1. The second-order valence-corrected chi connectivity index (χ2v) is 2.75. The van der Waals surface area contributed by atoms with E-state index in [0.717, 1.165) is 0 Å². The topological polar surface area (TPSA) is 97.5 Å². The van der Waals surface area contributed by atoms with E-state index in [4.69, 9.17) is 5.73 Å². The predicted molar refractivity (Wildman–Crippen MR) is 54.9 cm³/mol. The molecule has 2 aromatic rings. The number of hydrogen-bond donors (Lipinski definition) is 2. The Hall–Kier alpha value is -2.42. The molecule has 0 aliphatic carbocycles. The molecule has 6 heteroatoms. The lowest BCUT2D eigenvalue weighted by molar-refractivity contribution is 1.11. The third-order valence-corrected chi connectivity index (χ3v) is 1.69. The van der Waals surface area contributed by atoms with Crippen LogP contribution in [-0.4, -0.2) is 19.9 Å². The first-order valence-electron chi connectivity index (χ1n) is 4.16. The maximum Gasteiger partial charge on any atom is 0.280 e. The summed E-state index contributed by atoms with van der Waals surface area (Å²) in [7, 11) is 0. The van der Waals surface area contributed by atoms with Gasteiger partial charge >= 0.3 is 0 Å². The first-order chi connectivity index (χ1) is 7.20. The van der Waals surface area contributed by atoms with E-state index in [0.29, 0.717) is 5.69 Å². The molecule has 74 valence electrons. The van der Waals surface area contributed by atoms with Crippen LogP contribution in [0, 0.1) is 11.8 Å². The maximum atomic E-state index is 11.4. The molecule has 0 spiro atoms. The van der Waals surface area contributed by atoms with Gasteiger partial charge in [-0.15, -0.1) is 0 Å². The summed E-state index contributed by atoms with van der Waals surface area (Å²) in [5.74, 6) is 5.40. The zero-order valence-corrected chi connectivity index (χ0v) is 7.90. The van der Waals surface area contributed by atoms with Gasteiger partial charge in [0, 0.05) is 0 Å². The molecule has 2 aromatic heterocycles. The average Bonchev–Trinajstić information content (AvgIpc) is 2.19. The molecule has 2 heterocycles. The van der Waals surface area contributed by atoms with Gasteiger partial charge in [-0.3, -0.25) is 9.78 Å². The number of nitrogen functional groups attached to an aromatic ring is 1. The van der Waals surface area contributed by atoms with E-state index in [-0.39, 0.29) is 17.1 Å². The van der Waals surface area contributed by atoms with Crippen molar-refractivity contribution in [1.29, 1.82) is 0 Å². The lowest BCUT2D eigenvalue weighted by Gasteiger charge is -1.96. The van der Waals surface area contributed by atoms with Crippen LogP contribution >= 0.6 is 0 Å². The Bertz CT molecular complexity index is 634. The van der Waals surface area contributed by atoms with Gasteiger partial charge in [0.2, 0.25) is 5.95 Å². The molecule has 0 aliphatic rings. The minimum absolute atomic E-state index is 0.0242. The summed E-state index contributed by atoms with van der Waals surface area (Å²) in [4.78, 5) is 25.6. The molecule has 0 saturated carbocycles. The molecule has 6 nitrogen and oxygen atoms in total. The van der Waals surface area contributed by atoms with Gasteiger partial charge in [-0.2, -0.15) is 4.98 Å². The van der Waals surface area contributed by atoms with Crippen molar-refractivity contribution in [3.63, 3.8) is 0 Å². The summed E-state index contributed by atoms with van der Waals surface area (Å²) in [6.45, 7) is 1.68. The van der Waals surface area contributed by atoms with Gasteiger partial charge in [0.25, 0.3) is 5.56 Å². The van der Waals surface area contributed by atoms with E-state index in [2.05, 4.69) is 31.8 Å². The van der Waals surface area contributed by atoms with E-state index in [1.807, 2.05) is 0 Å². The van der Waals surface area contributed by atoms with E-state index in [1.165, 1.54) is 6.20 Å². The van der Waals surface area contributed by atoms with Crippen LogP contribution in [0.2, 0.25) is 0 Å². The molecule has 0 bridgehead atoms. The molecule has 3 N–H and O–H groups in total. The second-order valence-electron chi connectivity index (χ2n) is 2.75. The number of H-pyrrole nitrogens is 1. The minimum atomic E-state index is -0.412. The fourth-order valence-corrected chi connectivity index (χ4v) is 1.12. The number of hydrogen-bond acceptors (Lipinski definition) is 5. The van der Waals surface area contributed by atoms with E-state index < -0.39 is 5.56 Å². The Morgan fingerprint density at radius 1 is 1.47 bits per heavy atom. The van der Waals surface area contributed by atoms with E-state index in [9.17, 15) is 4.79 Å². The van der Waals surface area contributed by atoms with Crippen molar-refractivity contribution in [3.8, 4) is 11.8 Å². The summed E-state index contributed by atoms with van der Waals surface area (Å²) in [6.07, 6.45) is 1.45. The van der Waals surface area contributed by atoms with Crippen molar-refractivity contribution in [2.45, 2.75) is 6.92 Å². The number of anilines is 1. The van der Waals surface area contributed by atoms with Crippen molar-refractivity contribution in [2.24, 2.45) is 0 Å². The third-order valence-electron chi connectivity index (χ3n) is 1.69. The molecule has 0 fully saturated rings. The molecular weight excluding hydrogens is 194 g/mol. The van der Waals surface area contributed by atoms with Crippen LogP contribution in [0.5, 0.6) is 0 Å². The Morgan fingerprint density at radius 2 is 2.27 bits per heavy atom. The molecule has 15 heavy (non-hydrogen) atoms. The lowest BCUT2D eigenvalue weighted by atomic mass is 10.4. The summed E-state index contributed by atoms with van der Waals surface area (Å²) in [6, 6.07) is 0. The first-order valence-corrected chi connectivity index (χ1v) is 4.16. The Balaban J connectivity index is 2.80. The second kappa shape index (κ2) is 3.38. The summed E-state index contributed by atoms with van der Waals surface area (Å²) < 4.78 is 0. The van der Waals surface area contributed by atoms with Gasteiger partial charge in [0.1, 0.15) is 5.69 Å². The van der Waals surface area contributed by atoms with Crippen molar-refractivity contribution in [2.75, 3.05) is 5.73 Å². The molecule has 0 unspecified atom stereocenters. The number of rotatable bonds is 0. The predicted octanol–water partition coefficient (Wildman–Crippen LogP) is -0.333. The van der Waals surface area contributed by atoms with Crippen molar-refractivity contribution < 1.29 is 0 Å². The van der Waals surface area contributed by atoms with Crippen molar-refractivity contribution in [3.05, 3.63) is 22.2 Å². The largest absolute Gasteiger partial charge is 0.369 e. The molecule has 0 amide bonds. The minimum Gasteiger partial charge on any atom is -0.369 e. The summed E-state index contributed by atoms with van der Waals surface area (Å²) in [5.41, 5.74) is 5.74. The van der Waals surface area contributed by atoms with Crippen molar-refractivity contribution in [1.82, 2.24) is 19.9 Å². The third kappa shape index (κ3) is 1.62. The summed E-state index contributed by atoms with van der Waals surface area (Å²) >= 11 is 0. The van der Waals surface area contributed by atoms with Crippen LogP contribution in [0.1, 0.15) is 12.6 Å². The number of nitrogens with zero attached hydrogens (tertiary/aromatic N) is 3. The highest BCUT2D eigenvalue weighted by atomic mass is 16.1. The fraction of sp³-hybridized carbons (Fsp3) is 0.111. The van der Waals surface area contributed by atoms with Crippen LogP contribution in [-0.2, 0) is 0 Å². The monoisotopic (exact) mass is 201 g/mol. The smallest absolute Gasteiger partial charge is 0.280 e. The number of nitrogens with one attached hydrogen (secondary N) is 1. The van der Waals surface area contributed by atoms with E-state index in [1.54, 1.807) is 6.92 Å². The summed E-state index contributed by atoms with van der Waals surface area (Å²) in [5, 5.41) is 0. The van der Waals surface area contributed by atoms with Crippen LogP contribution in [0.3, 0.4) is 0 Å². The average molecular weight is 201 g/mol. The maximum absolute atomic E-state index is 11.4. The van der Waals surface area contributed by atoms with E-state index >= 15 is 0 Å². The molecule has 2 rings (SSSR count). The van der Waals surface area contributed by atoms with Gasteiger partial charge in [0.05, 0.1) is 6.20 Å². The SMILES string of the molecule is CC#Cc1cnc2nc(N)[nH]c(=O)c2n1. The number of fused-ring (bicyclic) bond motifs is 1. The molecule has 0 aliphatic heterocycles. The Morgan fingerprint density at radius 3 is 3.00 bits per heavy atom. The molecule has 0 aromatic carbocycles. The zero-order valence-electron chi connectivity index (χ0n) is 7.90. The number of aromatic amines is 1. The van der Waals surface area contributed by atoms with Gasteiger partial charge in [-0.05, 0) is 12.8 Å². The first kappa shape index (κ1) is 9.15. The highest BCUT2D eigenvalue weighted by molar-refractivity contribution is 5.69. The highest BCUT2D eigenvalue weighted by Gasteiger charge is 2.04. The normalized spacial score (nSPS) is 9.67. The number of aromatic nitrogens is 4. The van der Waals surface area contributed by atoms with Crippen LogP contribution < -0.4 is 11.3 Å². The quantitative estimate of drug-likeness (QED) is 0.568. The van der Waals surface area contributed by atoms with Gasteiger partial charge < -0.3 is 5.73 Å². The van der Waals surface area contributed by atoms with Crippen LogP contribution in [0.15, 0.2) is 11.0 Å². The standard InChI is InChI=1S/C9H7N5O/c1-2-3-5-4-11-7-6(12-5)8(15)14-9(10)13-7/h4H,1H3,(H3,10,11,13,14,15). The lowest BCUT2D eigenvalue weighted by Crippen LogP contribution is -2.13. The Kier molecular flexibility index (Phi) is 2.06. The molecular formula is C9H7N5O. The molecule has 0 atom stereocenters. The van der Waals surface area contributed by atoms with Crippen molar-refractivity contribution >= 4 is 17.1 Å². The van der Waals surface area contributed by atoms with Gasteiger partial charge in [-0.25, -0.2) is 9.97 Å². The fourth-order valence-electron chi connectivity index (χ4n) is 1.12. The zero-order chi connectivity index (χ0) is 10.8. The van der Waals surface area contributed by atoms with Gasteiger partial charge in [-0.1, -0.05) is 5.92 Å².